The van der Waals surface area contributed by atoms with E-state index in [-0.39, 0.29) is 17.2 Å². The van der Waals surface area contributed by atoms with Crippen LogP contribution in [0.4, 0.5) is 10.5 Å². The number of hydrogen-bond donors (Lipinski definition) is 2. The molecule has 3 amide bonds. The van der Waals surface area contributed by atoms with Gasteiger partial charge in [-0.3, -0.25) is 19.3 Å². The lowest BCUT2D eigenvalue weighted by Gasteiger charge is -2.12. The van der Waals surface area contributed by atoms with Gasteiger partial charge in [0.15, 0.2) is 0 Å². The molecule has 0 spiro atoms. The van der Waals surface area contributed by atoms with Gasteiger partial charge in [-0.15, -0.1) is 0 Å². The molecule has 8 nitrogen and oxygen atoms in total. The summed E-state index contributed by atoms with van der Waals surface area (Å²) in [6.45, 7) is 3.48. The van der Waals surface area contributed by atoms with Gasteiger partial charge >= 0.3 is 0 Å². The summed E-state index contributed by atoms with van der Waals surface area (Å²) in [6.07, 6.45) is 1.67. The van der Waals surface area contributed by atoms with Crippen molar-refractivity contribution in [2.45, 2.75) is 13.8 Å². The number of thioether (sulfide) groups is 1. The minimum absolute atomic E-state index is 0.177. The van der Waals surface area contributed by atoms with Crippen LogP contribution in [0, 0.1) is 13.8 Å². The van der Waals surface area contributed by atoms with Gasteiger partial charge in [-0.2, -0.15) is 0 Å². The molecular weight excluding hydrogens is 454 g/mol. The van der Waals surface area contributed by atoms with Crippen LogP contribution < -0.4 is 10.1 Å². The second kappa shape index (κ2) is 9.48. The maximum absolute atomic E-state index is 12.9. The molecule has 1 aromatic heterocycles. The van der Waals surface area contributed by atoms with E-state index in [9.17, 15) is 19.5 Å². The number of nitrogens with zero attached hydrogens (tertiary/aromatic N) is 2. The Labute approximate surface area is 200 Å². The van der Waals surface area contributed by atoms with Crippen LogP contribution in [-0.4, -0.2) is 45.3 Å². The molecule has 2 aromatic carbocycles. The zero-order valence-corrected chi connectivity index (χ0v) is 19.7. The number of nitrogens with one attached hydrogen (secondary N) is 1. The summed E-state index contributed by atoms with van der Waals surface area (Å²) in [6, 6.07) is 15.5. The van der Waals surface area contributed by atoms with Crippen LogP contribution in [0.5, 0.6) is 11.5 Å². The lowest BCUT2D eigenvalue weighted by Crippen LogP contribution is -2.36. The Morgan fingerprint density at radius 2 is 1.76 bits per heavy atom. The van der Waals surface area contributed by atoms with Crippen molar-refractivity contribution in [3.8, 4) is 17.2 Å². The van der Waals surface area contributed by atoms with E-state index in [1.807, 2.05) is 24.5 Å². The minimum Gasteiger partial charge on any atom is -0.508 e. The summed E-state index contributed by atoms with van der Waals surface area (Å²) < 4.78 is 7.08. The predicted molar refractivity (Wildman–Crippen MR) is 131 cm³/mol. The molecule has 34 heavy (non-hydrogen) atoms. The molecule has 9 heteroatoms. The van der Waals surface area contributed by atoms with Crippen molar-refractivity contribution in [1.29, 1.82) is 0 Å². The zero-order chi connectivity index (χ0) is 24.4. The monoisotopic (exact) mass is 477 g/mol. The van der Waals surface area contributed by atoms with Gasteiger partial charge in [0.25, 0.3) is 11.1 Å². The normalized spacial score (nSPS) is 14.7. The summed E-state index contributed by atoms with van der Waals surface area (Å²) in [5.41, 5.74) is 4.02. The van der Waals surface area contributed by atoms with Gasteiger partial charge in [-0.05, 0) is 91.8 Å². The molecule has 4 rings (SSSR count). The number of phenolic OH excluding ortho intramolecular Hbond substituents is 1. The fourth-order valence-corrected chi connectivity index (χ4v) is 4.56. The highest BCUT2D eigenvalue weighted by molar-refractivity contribution is 8.18. The number of aryl methyl sites for hydroxylation is 1. The topological polar surface area (TPSA) is 101 Å². The van der Waals surface area contributed by atoms with E-state index in [0.717, 1.165) is 39.3 Å². The fraction of sp³-hybridized carbons (Fsp3) is 0.160. The van der Waals surface area contributed by atoms with E-state index >= 15 is 0 Å². The highest BCUT2D eigenvalue weighted by Gasteiger charge is 2.36. The van der Waals surface area contributed by atoms with Crippen LogP contribution >= 0.6 is 11.8 Å². The van der Waals surface area contributed by atoms with Gasteiger partial charge in [0.1, 0.15) is 18.0 Å². The van der Waals surface area contributed by atoms with Crippen molar-refractivity contribution >= 4 is 40.6 Å². The first-order chi connectivity index (χ1) is 16.3. The third-order valence-corrected chi connectivity index (χ3v) is 6.32. The predicted octanol–water partition coefficient (Wildman–Crippen LogP) is 4.48. The Kier molecular flexibility index (Phi) is 6.47. The molecule has 0 atom stereocenters. The van der Waals surface area contributed by atoms with Crippen molar-refractivity contribution < 1.29 is 24.2 Å². The Morgan fingerprint density at radius 3 is 2.41 bits per heavy atom. The lowest BCUT2D eigenvalue weighted by molar-refractivity contribution is -0.127. The smallest absolute Gasteiger partial charge is 0.294 e. The lowest BCUT2D eigenvalue weighted by atomic mass is 10.2. The van der Waals surface area contributed by atoms with Gasteiger partial charge in [0, 0.05) is 22.8 Å². The van der Waals surface area contributed by atoms with E-state index in [4.69, 9.17) is 4.74 Å². The molecule has 2 N–H and O–H groups in total. The van der Waals surface area contributed by atoms with Crippen molar-refractivity contribution in [2.24, 2.45) is 0 Å². The summed E-state index contributed by atoms with van der Waals surface area (Å²) in [4.78, 5) is 39.0. The molecule has 1 aliphatic heterocycles. The molecule has 0 aliphatic carbocycles. The van der Waals surface area contributed by atoms with Gasteiger partial charge in [-0.1, -0.05) is 0 Å². The van der Waals surface area contributed by atoms with E-state index in [1.54, 1.807) is 61.7 Å². The van der Waals surface area contributed by atoms with Gasteiger partial charge in [-0.25, -0.2) is 0 Å². The maximum atomic E-state index is 12.9. The van der Waals surface area contributed by atoms with Gasteiger partial charge < -0.3 is 19.7 Å². The number of carbonyl (C=O) groups excluding carboxylic acids is 3. The van der Waals surface area contributed by atoms with Crippen molar-refractivity contribution in [3.63, 3.8) is 0 Å². The number of methoxy groups -OCH3 is 1. The molecule has 2 heterocycles. The van der Waals surface area contributed by atoms with Gasteiger partial charge in [0.2, 0.25) is 5.91 Å². The highest BCUT2D eigenvalue weighted by atomic mass is 32.2. The third-order valence-electron chi connectivity index (χ3n) is 5.41. The molecular formula is C25H23N3O5S. The number of benzene rings is 2. The van der Waals surface area contributed by atoms with E-state index < -0.39 is 17.1 Å². The minimum atomic E-state index is -0.505. The molecule has 3 aromatic rings. The Balaban J connectivity index is 1.50. The second-order valence-electron chi connectivity index (χ2n) is 7.72. The quantitative estimate of drug-likeness (QED) is 0.508. The van der Waals surface area contributed by atoms with Crippen LogP contribution in [0.25, 0.3) is 11.8 Å². The van der Waals surface area contributed by atoms with Crippen LogP contribution in [0.2, 0.25) is 0 Å². The standard InChI is InChI=1S/C25H23N3O5S/c1-15-12-17(16(2)28(15)19-6-8-20(29)9-7-19)13-22-24(31)27(25(32)34-22)14-23(30)26-18-4-10-21(33-3)11-5-18/h4-13,29H,14H2,1-3H3,(H,26,30)/b22-13-. The Morgan fingerprint density at radius 1 is 1.09 bits per heavy atom. The number of amides is 3. The third kappa shape index (κ3) is 4.69. The van der Waals surface area contributed by atoms with E-state index in [1.165, 1.54) is 0 Å². The number of aromatic nitrogens is 1. The SMILES string of the molecule is COc1ccc(NC(=O)CN2C(=O)S/C(=C\c3cc(C)n(-c4ccc(O)cc4)c3C)C2=O)cc1. The largest absolute Gasteiger partial charge is 0.508 e. The molecule has 0 unspecified atom stereocenters. The Hall–Kier alpha value is -3.98. The van der Waals surface area contributed by atoms with Gasteiger partial charge in [0.05, 0.1) is 12.0 Å². The molecule has 1 saturated heterocycles. The second-order valence-corrected chi connectivity index (χ2v) is 8.72. The summed E-state index contributed by atoms with van der Waals surface area (Å²) >= 11 is 0.811. The number of hydrogen-bond acceptors (Lipinski definition) is 6. The number of imide groups is 1. The highest BCUT2D eigenvalue weighted by Crippen LogP contribution is 2.34. The number of phenols is 1. The van der Waals surface area contributed by atoms with Crippen molar-refractivity contribution in [1.82, 2.24) is 9.47 Å². The maximum Gasteiger partial charge on any atom is 0.294 e. The molecule has 174 valence electrons. The van der Waals surface area contributed by atoms with Crippen molar-refractivity contribution in [2.75, 3.05) is 19.0 Å². The van der Waals surface area contributed by atoms with Crippen LogP contribution in [0.1, 0.15) is 17.0 Å². The molecule has 0 bridgehead atoms. The number of ether oxygens (including phenoxy) is 1. The average Bonchev–Trinajstić information content (AvgIpc) is 3.24. The van der Waals surface area contributed by atoms with Crippen LogP contribution in [0.3, 0.4) is 0 Å². The fourth-order valence-electron chi connectivity index (χ4n) is 3.73. The number of aromatic hydroxyl groups is 1. The van der Waals surface area contributed by atoms with Crippen LogP contribution in [0.15, 0.2) is 59.5 Å². The number of carbonyl (C=O) groups is 3. The summed E-state index contributed by atoms with van der Waals surface area (Å²) in [7, 11) is 1.55. The molecule has 0 radical (unpaired) electrons. The molecule has 1 fully saturated rings. The molecule has 1 aliphatic rings. The van der Waals surface area contributed by atoms with Crippen molar-refractivity contribution in [3.05, 3.63) is 76.5 Å². The van der Waals surface area contributed by atoms with Crippen LogP contribution in [-0.2, 0) is 9.59 Å². The first-order valence-corrected chi connectivity index (χ1v) is 11.3. The Bertz CT molecular complexity index is 1290. The number of anilines is 1. The summed E-state index contributed by atoms with van der Waals surface area (Å²) in [5, 5.41) is 11.7. The van der Waals surface area contributed by atoms with E-state index in [0.29, 0.717) is 11.4 Å². The zero-order valence-electron chi connectivity index (χ0n) is 18.9. The number of rotatable bonds is 6. The first-order valence-electron chi connectivity index (χ1n) is 10.4. The molecule has 0 saturated carbocycles. The van der Waals surface area contributed by atoms with E-state index in [2.05, 4.69) is 5.32 Å². The summed E-state index contributed by atoms with van der Waals surface area (Å²) in [5.74, 6) is -0.150. The average molecular weight is 478 g/mol. The first kappa shape index (κ1) is 23.2.